The zero-order chi connectivity index (χ0) is 14.5. The number of carbonyl (C=O) groups is 1. The predicted molar refractivity (Wildman–Crippen MR) is 82.0 cm³/mol. The molecule has 0 bridgehead atoms. The van der Waals surface area contributed by atoms with E-state index >= 15 is 0 Å². The van der Waals surface area contributed by atoms with Crippen LogP contribution < -0.4 is 5.32 Å². The molecule has 1 N–H and O–H groups in total. The molecule has 1 aliphatic heterocycles. The van der Waals surface area contributed by atoms with Gasteiger partial charge in [-0.3, -0.25) is 9.69 Å². The average Bonchev–Trinajstić information content (AvgIpc) is 2.42. The van der Waals surface area contributed by atoms with Crippen LogP contribution >= 0.6 is 34.8 Å². The quantitative estimate of drug-likeness (QED) is 0.916. The predicted octanol–water partition coefficient (Wildman–Crippen LogP) is 3.31. The van der Waals surface area contributed by atoms with Gasteiger partial charge in [-0.15, -0.1) is 0 Å². The average molecular weight is 338 g/mol. The number of carbonyl (C=O) groups excluding carboxylic acids is 1. The van der Waals surface area contributed by atoms with Crippen molar-refractivity contribution in [2.75, 3.05) is 38.2 Å². The van der Waals surface area contributed by atoms with Crippen LogP contribution in [0, 0.1) is 0 Å². The highest BCUT2D eigenvalue weighted by Gasteiger charge is 2.14. The molecule has 1 saturated heterocycles. The molecule has 0 saturated carbocycles. The molecule has 1 fully saturated rings. The second kappa shape index (κ2) is 7.48. The minimum Gasteiger partial charge on any atom is -0.379 e. The van der Waals surface area contributed by atoms with Crippen LogP contribution in [0.1, 0.15) is 6.42 Å². The van der Waals surface area contributed by atoms with E-state index < -0.39 is 0 Å². The lowest BCUT2D eigenvalue weighted by Crippen LogP contribution is -2.38. The van der Waals surface area contributed by atoms with Crippen molar-refractivity contribution in [2.45, 2.75) is 6.42 Å². The fourth-order valence-corrected chi connectivity index (χ4v) is 2.86. The number of hydrogen-bond acceptors (Lipinski definition) is 3. The highest BCUT2D eigenvalue weighted by atomic mass is 35.5. The van der Waals surface area contributed by atoms with E-state index in [2.05, 4.69) is 10.2 Å². The van der Waals surface area contributed by atoms with E-state index in [0.29, 0.717) is 33.7 Å². The van der Waals surface area contributed by atoms with Crippen LogP contribution in [-0.2, 0) is 9.53 Å². The normalized spacial score (nSPS) is 16.1. The molecule has 0 unspecified atom stereocenters. The molecule has 1 aromatic rings. The summed E-state index contributed by atoms with van der Waals surface area (Å²) in [4.78, 5) is 14.1. The molecule has 0 aliphatic carbocycles. The summed E-state index contributed by atoms with van der Waals surface area (Å²) in [6.45, 7) is 3.84. The van der Waals surface area contributed by atoms with Gasteiger partial charge < -0.3 is 10.1 Å². The van der Waals surface area contributed by atoms with E-state index in [0.717, 1.165) is 26.3 Å². The lowest BCUT2D eigenvalue weighted by atomic mass is 10.3. The smallest absolute Gasteiger partial charge is 0.225 e. The fraction of sp³-hybridized carbons (Fsp3) is 0.462. The van der Waals surface area contributed by atoms with Crippen LogP contribution in [0.4, 0.5) is 5.69 Å². The van der Waals surface area contributed by atoms with Crippen molar-refractivity contribution < 1.29 is 9.53 Å². The first kappa shape index (κ1) is 15.9. The van der Waals surface area contributed by atoms with E-state index in [9.17, 15) is 4.79 Å². The first-order valence-corrected chi connectivity index (χ1v) is 7.44. The Labute approximate surface area is 132 Å². The van der Waals surface area contributed by atoms with Crippen molar-refractivity contribution in [2.24, 2.45) is 0 Å². The Morgan fingerprint density at radius 3 is 2.40 bits per heavy atom. The summed E-state index contributed by atoms with van der Waals surface area (Å²) < 4.78 is 5.26. The van der Waals surface area contributed by atoms with Crippen molar-refractivity contribution in [3.05, 3.63) is 27.2 Å². The molecule has 0 aromatic heterocycles. The molecule has 7 heteroatoms. The van der Waals surface area contributed by atoms with E-state index in [4.69, 9.17) is 39.5 Å². The summed E-state index contributed by atoms with van der Waals surface area (Å²) in [7, 11) is 0. The van der Waals surface area contributed by atoms with Crippen LogP contribution in [0.3, 0.4) is 0 Å². The van der Waals surface area contributed by atoms with Crippen molar-refractivity contribution in [1.29, 1.82) is 0 Å². The summed E-state index contributed by atoms with van der Waals surface area (Å²) in [6.07, 6.45) is 0.384. The second-order valence-electron chi connectivity index (χ2n) is 4.50. The highest BCUT2D eigenvalue weighted by molar-refractivity contribution is 6.42. The zero-order valence-electron chi connectivity index (χ0n) is 10.8. The molecule has 1 amide bonds. The topological polar surface area (TPSA) is 41.6 Å². The number of hydrogen-bond donors (Lipinski definition) is 1. The summed E-state index contributed by atoms with van der Waals surface area (Å²) in [5.41, 5.74) is 0.407. The number of amides is 1. The van der Waals surface area contributed by atoms with Gasteiger partial charge >= 0.3 is 0 Å². The number of ether oxygens (including phenoxy) is 1. The maximum Gasteiger partial charge on any atom is 0.225 e. The maximum atomic E-state index is 11.9. The van der Waals surface area contributed by atoms with E-state index in [1.165, 1.54) is 0 Å². The van der Waals surface area contributed by atoms with Gasteiger partial charge in [0.25, 0.3) is 0 Å². The summed E-state index contributed by atoms with van der Waals surface area (Å²) in [5.74, 6) is -0.123. The van der Waals surface area contributed by atoms with Crippen LogP contribution in [0.5, 0.6) is 0 Å². The van der Waals surface area contributed by atoms with Crippen molar-refractivity contribution in [1.82, 2.24) is 4.90 Å². The van der Waals surface area contributed by atoms with Crippen LogP contribution in [0.25, 0.3) is 0 Å². The molecule has 0 radical (unpaired) electrons. The first-order valence-electron chi connectivity index (χ1n) is 6.31. The zero-order valence-corrected chi connectivity index (χ0v) is 13.1. The molecular formula is C13H15Cl3N2O2. The Bertz CT molecular complexity index is 467. The Hall–Kier alpha value is -0.520. The largest absolute Gasteiger partial charge is 0.379 e. The Morgan fingerprint density at radius 2 is 1.80 bits per heavy atom. The van der Waals surface area contributed by atoms with Gasteiger partial charge in [0.1, 0.15) is 0 Å². The van der Waals surface area contributed by atoms with E-state index in [1.807, 2.05) is 0 Å². The summed E-state index contributed by atoms with van der Waals surface area (Å²) in [6, 6.07) is 3.10. The second-order valence-corrected chi connectivity index (χ2v) is 5.75. The van der Waals surface area contributed by atoms with Gasteiger partial charge in [-0.2, -0.15) is 0 Å². The molecule has 20 heavy (non-hydrogen) atoms. The van der Waals surface area contributed by atoms with E-state index in [1.54, 1.807) is 12.1 Å². The minimum absolute atomic E-state index is 0.123. The molecule has 4 nitrogen and oxygen atoms in total. The summed E-state index contributed by atoms with van der Waals surface area (Å²) >= 11 is 17.9. The Kier molecular flexibility index (Phi) is 5.93. The number of halogens is 3. The van der Waals surface area contributed by atoms with Gasteiger partial charge in [-0.05, 0) is 12.1 Å². The third kappa shape index (κ3) is 4.50. The van der Waals surface area contributed by atoms with Gasteiger partial charge in [0.15, 0.2) is 0 Å². The number of nitrogens with one attached hydrogen (secondary N) is 1. The molecule has 0 atom stereocenters. The Balaban J connectivity index is 1.88. The third-order valence-corrected chi connectivity index (χ3v) is 3.84. The van der Waals surface area contributed by atoms with Crippen LogP contribution in [0.15, 0.2) is 12.1 Å². The summed E-state index contributed by atoms with van der Waals surface area (Å²) in [5, 5.41) is 3.83. The SMILES string of the molecule is O=C(CCN1CCOCC1)Nc1c(Cl)cc(Cl)cc1Cl. The van der Waals surface area contributed by atoms with Gasteiger partial charge in [-0.25, -0.2) is 0 Å². The molecule has 110 valence electrons. The molecule has 1 aliphatic rings. The Morgan fingerprint density at radius 1 is 1.20 bits per heavy atom. The van der Waals surface area contributed by atoms with Crippen molar-refractivity contribution in [3.63, 3.8) is 0 Å². The monoisotopic (exact) mass is 336 g/mol. The number of anilines is 1. The number of rotatable bonds is 4. The number of nitrogens with zero attached hydrogens (tertiary/aromatic N) is 1. The number of benzene rings is 1. The minimum atomic E-state index is -0.123. The fourth-order valence-electron chi connectivity index (χ4n) is 1.95. The van der Waals surface area contributed by atoms with Crippen molar-refractivity contribution >= 4 is 46.4 Å². The number of morpholine rings is 1. The standard InChI is InChI=1S/C13H15Cl3N2O2/c14-9-7-10(15)13(11(16)8-9)17-12(19)1-2-18-3-5-20-6-4-18/h7-8H,1-6H2,(H,17,19). The van der Waals surface area contributed by atoms with Gasteiger partial charge in [0.05, 0.1) is 28.9 Å². The molecule has 0 spiro atoms. The first-order chi connectivity index (χ1) is 9.56. The molecule has 2 rings (SSSR count). The van der Waals surface area contributed by atoms with Gasteiger partial charge in [0.2, 0.25) is 5.91 Å². The van der Waals surface area contributed by atoms with Gasteiger partial charge in [-0.1, -0.05) is 34.8 Å². The lowest BCUT2D eigenvalue weighted by molar-refractivity contribution is -0.116. The van der Waals surface area contributed by atoms with Gasteiger partial charge in [0, 0.05) is 31.1 Å². The van der Waals surface area contributed by atoms with Crippen molar-refractivity contribution in [3.8, 4) is 0 Å². The maximum absolute atomic E-state index is 11.9. The molecule has 1 aromatic carbocycles. The highest BCUT2D eigenvalue weighted by Crippen LogP contribution is 2.33. The third-order valence-electron chi connectivity index (χ3n) is 3.03. The molecule has 1 heterocycles. The van der Waals surface area contributed by atoms with Crippen LogP contribution in [-0.4, -0.2) is 43.7 Å². The lowest BCUT2D eigenvalue weighted by Gasteiger charge is -2.26. The van der Waals surface area contributed by atoms with Crippen LogP contribution in [0.2, 0.25) is 15.1 Å². The van der Waals surface area contributed by atoms with E-state index in [-0.39, 0.29) is 5.91 Å². The molecular weight excluding hydrogens is 323 g/mol.